The van der Waals surface area contributed by atoms with E-state index in [1.54, 1.807) is 30.3 Å². The van der Waals surface area contributed by atoms with Gasteiger partial charge in [-0.2, -0.15) is 8.42 Å². The predicted octanol–water partition coefficient (Wildman–Crippen LogP) is 1.30. The quantitative estimate of drug-likeness (QED) is 0.654. The summed E-state index contributed by atoms with van der Waals surface area (Å²) in [6.45, 7) is 0. The second-order valence-electron chi connectivity index (χ2n) is 5.52. The lowest BCUT2D eigenvalue weighted by Crippen LogP contribution is -2.45. The summed E-state index contributed by atoms with van der Waals surface area (Å²) in [7, 11) is -4.26. The van der Waals surface area contributed by atoms with Gasteiger partial charge in [0.05, 0.1) is 17.8 Å². The highest BCUT2D eigenvalue weighted by molar-refractivity contribution is 7.85. The topological polar surface area (TPSA) is 109 Å². The van der Waals surface area contributed by atoms with Crippen LogP contribution in [0.3, 0.4) is 0 Å². The maximum atomic E-state index is 12.3. The second kappa shape index (κ2) is 8.05. The lowest BCUT2D eigenvalue weighted by atomic mass is 10.0. The summed E-state index contributed by atoms with van der Waals surface area (Å²) in [6.07, 6.45) is 0.333. The van der Waals surface area contributed by atoms with E-state index < -0.39 is 33.9 Å². The maximum Gasteiger partial charge on any atom is 0.267 e. The fraction of sp³-hybridized carbons (Fsp3) is 0.235. The lowest BCUT2D eigenvalue weighted by molar-refractivity contribution is -0.122. The van der Waals surface area contributed by atoms with Crippen molar-refractivity contribution in [2.75, 3.05) is 5.75 Å². The van der Waals surface area contributed by atoms with Gasteiger partial charge in [-0.15, -0.1) is 0 Å². The molecule has 0 heterocycles. The first-order valence-electron chi connectivity index (χ1n) is 7.45. The molecule has 128 valence electrons. The largest absolute Gasteiger partial charge is 0.347 e. The van der Waals surface area contributed by atoms with E-state index in [2.05, 4.69) is 5.32 Å². The third-order valence-electron chi connectivity index (χ3n) is 3.53. The van der Waals surface area contributed by atoms with Crippen molar-refractivity contribution in [1.29, 1.82) is 0 Å². The van der Waals surface area contributed by atoms with Gasteiger partial charge in [0.15, 0.2) is 0 Å². The Labute approximate surface area is 141 Å². The van der Waals surface area contributed by atoms with E-state index in [1.807, 2.05) is 30.3 Å². The first-order valence-corrected chi connectivity index (χ1v) is 9.06. The average Bonchev–Trinajstić information content (AvgIpc) is 2.54. The minimum Gasteiger partial charge on any atom is -0.347 e. The number of amides is 1. The fourth-order valence-corrected chi connectivity index (χ4v) is 3.05. The lowest BCUT2D eigenvalue weighted by Gasteiger charge is -2.20. The summed E-state index contributed by atoms with van der Waals surface area (Å²) < 4.78 is 31.6. The molecule has 2 atom stereocenters. The summed E-state index contributed by atoms with van der Waals surface area (Å²) in [5, 5.41) is 2.61. The molecule has 0 fully saturated rings. The van der Waals surface area contributed by atoms with Gasteiger partial charge in [-0.1, -0.05) is 60.7 Å². The molecular weight excluding hydrogens is 328 g/mol. The van der Waals surface area contributed by atoms with Crippen molar-refractivity contribution >= 4 is 16.0 Å². The third kappa shape index (κ3) is 5.77. The molecule has 6 nitrogen and oxygen atoms in total. The molecule has 24 heavy (non-hydrogen) atoms. The molecule has 7 heteroatoms. The van der Waals surface area contributed by atoms with E-state index >= 15 is 0 Å². The van der Waals surface area contributed by atoms with Crippen molar-refractivity contribution in [3.63, 3.8) is 0 Å². The molecule has 1 amide bonds. The van der Waals surface area contributed by atoms with Crippen molar-refractivity contribution in [2.45, 2.75) is 18.5 Å². The summed E-state index contributed by atoms with van der Waals surface area (Å²) in [6, 6.07) is 16.2. The molecule has 0 aliphatic rings. The Hall–Kier alpha value is -2.22. The highest BCUT2D eigenvalue weighted by atomic mass is 32.2. The fourth-order valence-electron chi connectivity index (χ4n) is 2.36. The Morgan fingerprint density at radius 2 is 1.58 bits per heavy atom. The molecule has 4 N–H and O–H groups in total. The number of nitrogens with one attached hydrogen (secondary N) is 1. The van der Waals surface area contributed by atoms with Gasteiger partial charge in [0.1, 0.15) is 0 Å². The van der Waals surface area contributed by atoms with Crippen molar-refractivity contribution in [3.05, 3.63) is 71.8 Å². The molecule has 0 aliphatic heterocycles. The molecule has 0 saturated carbocycles. The van der Waals surface area contributed by atoms with Gasteiger partial charge in [0.25, 0.3) is 10.1 Å². The average molecular weight is 348 g/mol. The number of rotatable bonds is 7. The predicted molar refractivity (Wildman–Crippen MR) is 91.9 cm³/mol. The van der Waals surface area contributed by atoms with Gasteiger partial charge in [-0.3, -0.25) is 9.35 Å². The highest BCUT2D eigenvalue weighted by Crippen LogP contribution is 2.15. The summed E-state index contributed by atoms with van der Waals surface area (Å²) in [5.41, 5.74) is 7.40. The number of nitrogens with two attached hydrogens (primary N) is 1. The van der Waals surface area contributed by atoms with E-state index in [4.69, 9.17) is 10.3 Å². The standard InChI is InChI=1S/C17H20N2O4S/c18-15(11-13-7-3-1-4-8-13)17(20)19-16(12-24(21,22)23)14-9-5-2-6-10-14/h1-10,15-16H,11-12,18H2,(H,19,20)(H,21,22,23)/t15-,16-/m0/s1. The Bertz CT molecular complexity index is 764. The van der Waals surface area contributed by atoms with Crippen LogP contribution in [0.15, 0.2) is 60.7 Å². The maximum absolute atomic E-state index is 12.3. The normalized spacial score (nSPS) is 13.9. The molecule has 0 bridgehead atoms. The Kier molecular flexibility index (Phi) is 6.08. The molecule has 0 aliphatic carbocycles. The van der Waals surface area contributed by atoms with Crippen molar-refractivity contribution in [3.8, 4) is 0 Å². The number of carbonyl (C=O) groups is 1. The minimum absolute atomic E-state index is 0.333. The van der Waals surface area contributed by atoms with E-state index in [0.29, 0.717) is 12.0 Å². The molecule has 2 rings (SSSR count). The van der Waals surface area contributed by atoms with Crippen LogP contribution in [0.1, 0.15) is 17.2 Å². The van der Waals surface area contributed by atoms with Crippen molar-refractivity contribution in [1.82, 2.24) is 5.32 Å². The first-order chi connectivity index (χ1) is 11.3. The van der Waals surface area contributed by atoms with Gasteiger partial charge >= 0.3 is 0 Å². The molecule has 0 unspecified atom stereocenters. The molecule has 2 aromatic carbocycles. The SMILES string of the molecule is N[C@@H](Cc1ccccc1)C(=O)N[C@@H](CS(=O)(=O)O)c1ccccc1. The summed E-state index contributed by atoms with van der Waals surface area (Å²) in [4.78, 5) is 12.3. The zero-order valence-corrected chi connectivity index (χ0v) is 13.8. The monoisotopic (exact) mass is 348 g/mol. The van der Waals surface area contributed by atoms with Crippen LogP contribution in [0.5, 0.6) is 0 Å². The van der Waals surface area contributed by atoms with Crippen LogP contribution in [0, 0.1) is 0 Å². The number of hydrogen-bond acceptors (Lipinski definition) is 4. The van der Waals surface area contributed by atoms with E-state index in [9.17, 15) is 13.2 Å². The first kappa shape index (κ1) is 18.1. The minimum atomic E-state index is -4.26. The smallest absolute Gasteiger partial charge is 0.267 e. The van der Waals surface area contributed by atoms with Crippen LogP contribution in [0.25, 0.3) is 0 Å². The van der Waals surface area contributed by atoms with Crippen LogP contribution in [-0.2, 0) is 21.3 Å². The Morgan fingerprint density at radius 3 is 2.12 bits per heavy atom. The van der Waals surface area contributed by atoms with Gasteiger partial charge in [-0.25, -0.2) is 0 Å². The van der Waals surface area contributed by atoms with E-state index in [-0.39, 0.29) is 0 Å². The number of hydrogen-bond donors (Lipinski definition) is 3. The molecular formula is C17H20N2O4S. The highest BCUT2D eigenvalue weighted by Gasteiger charge is 2.23. The van der Waals surface area contributed by atoms with E-state index in [0.717, 1.165) is 5.56 Å². The van der Waals surface area contributed by atoms with Crippen LogP contribution in [0.4, 0.5) is 0 Å². The van der Waals surface area contributed by atoms with Gasteiger partial charge < -0.3 is 11.1 Å². The van der Waals surface area contributed by atoms with Crippen molar-refractivity contribution in [2.24, 2.45) is 5.73 Å². The van der Waals surface area contributed by atoms with Gasteiger partial charge in [0, 0.05) is 0 Å². The molecule has 0 radical (unpaired) electrons. The second-order valence-corrected chi connectivity index (χ2v) is 7.01. The zero-order chi connectivity index (χ0) is 17.6. The van der Waals surface area contributed by atoms with Crippen LogP contribution >= 0.6 is 0 Å². The van der Waals surface area contributed by atoms with Crippen LogP contribution in [-0.4, -0.2) is 30.7 Å². The van der Waals surface area contributed by atoms with E-state index in [1.165, 1.54) is 0 Å². The van der Waals surface area contributed by atoms with Gasteiger partial charge in [-0.05, 0) is 17.5 Å². The molecule has 0 saturated heterocycles. The summed E-state index contributed by atoms with van der Waals surface area (Å²) >= 11 is 0. The Balaban J connectivity index is 2.09. The number of carbonyl (C=O) groups excluding carboxylic acids is 1. The summed E-state index contributed by atoms with van der Waals surface area (Å²) in [5.74, 6) is -1.09. The number of benzene rings is 2. The molecule has 2 aromatic rings. The third-order valence-corrected chi connectivity index (χ3v) is 4.29. The van der Waals surface area contributed by atoms with Crippen LogP contribution < -0.4 is 11.1 Å². The molecule has 0 spiro atoms. The van der Waals surface area contributed by atoms with Crippen LogP contribution in [0.2, 0.25) is 0 Å². The Morgan fingerprint density at radius 1 is 1.04 bits per heavy atom. The van der Waals surface area contributed by atoms with Crippen molar-refractivity contribution < 1.29 is 17.8 Å². The zero-order valence-electron chi connectivity index (χ0n) is 13.0. The molecule has 0 aromatic heterocycles. The van der Waals surface area contributed by atoms with Gasteiger partial charge in [0.2, 0.25) is 5.91 Å².